The van der Waals surface area contributed by atoms with E-state index in [4.69, 9.17) is 16.3 Å². The Morgan fingerprint density at radius 1 is 0.960 bits per heavy atom. The van der Waals surface area contributed by atoms with Gasteiger partial charge in [0, 0.05) is 5.02 Å². The van der Waals surface area contributed by atoms with Crippen LogP contribution in [0.5, 0.6) is 5.75 Å². The lowest BCUT2D eigenvalue weighted by atomic mass is 9.63. The summed E-state index contributed by atoms with van der Waals surface area (Å²) in [6, 6.07) is 13.4. The number of halogens is 1. The predicted octanol–water partition coefficient (Wildman–Crippen LogP) is 6.01. The molecule has 0 spiro atoms. The molecule has 132 valence electrons. The smallest absolute Gasteiger partial charge is 0.179 e. The number of aldehydes is 1. The van der Waals surface area contributed by atoms with Gasteiger partial charge < -0.3 is 4.74 Å². The van der Waals surface area contributed by atoms with Gasteiger partial charge in [-0.2, -0.15) is 0 Å². The zero-order chi connectivity index (χ0) is 18.2. The van der Waals surface area contributed by atoms with Crippen LogP contribution in [0.3, 0.4) is 0 Å². The molecule has 1 unspecified atom stereocenters. The summed E-state index contributed by atoms with van der Waals surface area (Å²) >= 11 is 5.91. The van der Waals surface area contributed by atoms with Gasteiger partial charge in [0.1, 0.15) is 5.75 Å². The molecule has 0 fully saturated rings. The molecule has 0 saturated heterocycles. The molecule has 25 heavy (non-hydrogen) atoms. The van der Waals surface area contributed by atoms with Crippen LogP contribution >= 0.6 is 11.6 Å². The van der Waals surface area contributed by atoms with Crippen LogP contribution in [0.15, 0.2) is 42.5 Å². The van der Waals surface area contributed by atoms with Crippen LogP contribution in [0.1, 0.15) is 63.3 Å². The second kappa shape index (κ2) is 6.49. The van der Waals surface area contributed by atoms with E-state index in [9.17, 15) is 4.79 Å². The van der Waals surface area contributed by atoms with Gasteiger partial charge in [0.05, 0.1) is 0 Å². The first-order chi connectivity index (χ1) is 11.7. The zero-order valence-corrected chi connectivity index (χ0v) is 16.1. The molecular weight excluding hydrogens is 332 g/mol. The van der Waals surface area contributed by atoms with Gasteiger partial charge in [-0.05, 0) is 64.6 Å². The number of ether oxygens (including phenoxy) is 1. The first kappa shape index (κ1) is 18.0. The van der Waals surface area contributed by atoms with E-state index < -0.39 is 6.10 Å². The third-order valence-electron chi connectivity index (χ3n) is 5.41. The topological polar surface area (TPSA) is 26.3 Å². The van der Waals surface area contributed by atoms with Gasteiger partial charge in [0.15, 0.2) is 12.4 Å². The minimum Gasteiger partial charge on any atom is -0.478 e. The standard InChI is InChI=1S/C22H25ClO2/c1-21(2)11-12-22(3,4)19-13-15(5-10-18(19)21)20(14-24)25-17-8-6-16(23)7-9-17/h5-10,13-14,20H,11-12H2,1-4H3. The van der Waals surface area contributed by atoms with Crippen molar-refractivity contribution in [3.05, 3.63) is 64.2 Å². The predicted molar refractivity (Wildman–Crippen MR) is 103 cm³/mol. The van der Waals surface area contributed by atoms with Crippen LogP contribution in [0.4, 0.5) is 0 Å². The lowest BCUT2D eigenvalue weighted by molar-refractivity contribution is -0.113. The average molecular weight is 357 g/mol. The summed E-state index contributed by atoms with van der Waals surface area (Å²) in [6.45, 7) is 9.14. The molecule has 0 saturated carbocycles. The van der Waals surface area contributed by atoms with Gasteiger partial charge in [-0.25, -0.2) is 0 Å². The Hall–Kier alpha value is -1.80. The lowest BCUT2D eigenvalue weighted by Gasteiger charge is -2.42. The molecule has 2 nitrogen and oxygen atoms in total. The maximum absolute atomic E-state index is 11.7. The number of rotatable bonds is 4. The molecular formula is C22H25ClO2. The molecule has 0 N–H and O–H groups in total. The molecule has 1 aliphatic carbocycles. The fraction of sp³-hybridized carbons (Fsp3) is 0.409. The minimum absolute atomic E-state index is 0.106. The zero-order valence-electron chi connectivity index (χ0n) is 15.3. The monoisotopic (exact) mass is 356 g/mol. The molecule has 0 aromatic heterocycles. The van der Waals surface area contributed by atoms with Crippen molar-refractivity contribution in [1.29, 1.82) is 0 Å². The van der Waals surface area contributed by atoms with Crippen molar-refractivity contribution in [2.75, 3.05) is 0 Å². The number of carbonyl (C=O) groups excluding carboxylic acids is 1. The first-order valence-electron chi connectivity index (χ1n) is 8.75. The minimum atomic E-state index is -0.618. The van der Waals surface area contributed by atoms with E-state index in [0.717, 1.165) is 18.3 Å². The molecule has 1 atom stereocenters. The Bertz CT molecular complexity index is 775. The Morgan fingerprint density at radius 3 is 2.16 bits per heavy atom. The number of benzene rings is 2. The molecule has 3 heteroatoms. The highest BCUT2D eigenvalue weighted by atomic mass is 35.5. The number of carbonyl (C=O) groups is 1. The van der Waals surface area contributed by atoms with E-state index in [0.29, 0.717) is 10.8 Å². The highest BCUT2D eigenvalue weighted by Crippen LogP contribution is 2.46. The second-order valence-electron chi connectivity index (χ2n) is 8.20. The number of hydrogen-bond donors (Lipinski definition) is 0. The first-order valence-corrected chi connectivity index (χ1v) is 9.13. The summed E-state index contributed by atoms with van der Waals surface area (Å²) in [4.78, 5) is 11.7. The molecule has 0 aliphatic heterocycles. The SMILES string of the molecule is CC1(C)CCC(C)(C)c2cc(C(C=O)Oc3ccc(Cl)cc3)ccc21. The fourth-order valence-electron chi connectivity index (χ4n) is 3.62. The van der Waals surface area contributed by atoms with E-state index in [2.05, 4.69) is 39.8 Å². The van der Waals surface area contributed by atoms with Crippen LogP contribution in [0, 0.1) is 0 Å². The normalized spacial score (nSPS) is 18.9. The molecule has 0 radical (unpaired) electrons. The highest BCUT2D eigenvalue weighted by molar-refractivity contribution is 6.30. The maximum Gasteiger partial charge on any atom is 0.179 e. The van der Waals surface area contributed by atoms with Crippen molar-refractivity contribution in [3.63, 3.8) is 0 Å². The molecule has 3 rings (SSSR count). The van der Waals surface area contributed by atoms with Gasteiger partial charge in [0.25, 0.3) is 0 Å². The van der Waals surface area contributed by atoms with Crippen molar-refractivity contribution in [2.24, 2.45) is 0 Å². The van der Waals surface area contributed by atoms with Crippen molar-refractivity contribution >= 4 is 17.9 Å². The van der Waals surface area contributed by atoms with Crippen molar-refractivity contribution in [1.82, 2.24) is 0 Å². The van der Waals surface area contributed by atoms with Gasteiger partial charge in [0.2, 0.25) is 0 Å². The molecule has 0 bridgehead atoms. The Kier molecular flexibility index (Phi) is 4.68. The summed E-state index contributed by atoms with van der Waals surface area (Å²) in [7, 11) is 0. The summed E-state index contributed by atoms with van der Waals surface area (Å²) in [5.41, 5.74) is 3.87. The van der Waals surface area contributed by atoms with Gasteiger partial charge >= 0.3 is 0 Å². The molecule has 2 aromatic carbocycles. The van der Waals surface area contributed by atoms with Crippen molar-refractivity contribution in [3.8, 4) is 5.75 Å². The van der Waals surface area contributed by atoms with Gasteiger partial charge in [-0.1, -0.05) is 57.5 Å². The van der Waals surface area contributed by atoms with Gasteiger partial charge in [-0.3, -0.25) is 4.79 Å². The van der Waals surface area contributed by atoms with E-state index >= 15 is 0 Å². The van der Waals surface area contributed by atoms with Crippen LogP contribution in [-0.4, -0.2) is 6.29 Å². The number of hydrogen-bond acceptors (Lipinski definition) is 2. The largest absolute Gasteiger partial charge is 0.478 e. The third-order valence-corrected chi connectivity index (χ3v) is 5.66. The second-order valence-corrected chi connectivity index (χ2v) is 8.64. The molecule has 1 aliphatic rings. The highest BCUT2D eigenvalue weighted by Gasteiger charge is 2.37. The quantitative estimate of drug-likeness (QED) is 0.627. The van der Waals surface area contributed by atoms with E-state index in [1.165, 1.54) is 17.5 Å². The summed E-state index contributed by atoms with van der Waals surface area (Å²) < 4.78 is 5.89. The molecule has 2 aromatic rings. The number of fused-ring (bicyclic) bond motifs is 1. The summed E-state index contributed by atoms with van der Waals surface area (Å²) in [6.07, 6.45) is 2.55. The van der Waals surface area contributed by atoms with Crippen LogP contribution in [0.2, 0.25) is 5.02 Å². The Morgan fingerprint density at radius 2 is 1.56 bits per heavy atom. The third kappa shape index (κ3) is 3.59. The van der Waals surface area contributed by atoms with Crippen molar-refractivity contribution < 1.29 is 9.53 Å². The van der Waals surface area contributed by atoms with Gasteiger partial charge in [-0.15, -0.1) is 0 Å². The Labute approximate surface area is 155 Å². The van der Waals surface area contributed by atoms with E-state index in [1.54, 1.807) is 24.3 Å². The summed E-state index contributed by atoms with van der Waals surface area (Å²) in [5, 5.41) is 0.646. The summed E-state index contributed by atoms with van der Waals surface area (Å²) in [5.74, 6) is 0.638. The average Bonchev–Trinajstić information content (AvgIpc) is 2.58. The van der Waals surface area contributed by atoms with Crippen LogP contribution < -0.4 is 4.74 Å². The van der Waals surface area contributed by atoms with Crippen LogP contribution in [0.25, 0.3) is 0 Å². The van der Waals surface area contributed by atoms with E-state index in [1.807, 2.05) is 6.07 Å². The molecule has 0 amide bonds. The van der Waals surface area contributed by atoms with Crippen molar-refractivity contribution in [2.45, 2.75) is 57.5 Å². The van der Waals surface area contributed by atoms with E-state index in [-0.39, 0.29) is 10.8 Å². The molecule has 0 heterocycles. The Balaban J connectivity index is 1.96. The fourth-order valence-corrected chi connectivity index (χ4v) is 3.74. The maximum atomic E-state index is 11.7. The van der Waals surface area contributed by atoms with Crippen LogP contribution in [-0.2, 0) is 15.6 Å². The lowest BCUT2D eigenvalue weighted by Crippen LogP contribution is -2.34.